The molecule has 0 spiro atoms. The van der Waals surface area contributed by atoms with Crippen LogP contribution in [0.2, 0.25) is 0 Å². The molecule has 0 aliphatic heterocycles. The van der Waals surface area contributed by atoms with Crippen LogP contribution in [0.15, 0.2) is 103 Å². The topological polar surface area (TPSA) is 66.9 Å². The molecule has 0 aliphatic rings. The number of aromatic nitrogens is 2. The third-order valence-corrected chi connectivity index (χ3v) is 7.08. The molecule has 0 amide bonds. The van der Waals surface area contributed by atoms with Crippen molar-refractivity contribution in [1.82, 2.24) is 9.97 Å². The van der Waals surface area contributed by atoms with Crippen molar-refractivity contribution in [2.45, 2.75) is 0 Å². The number of anilines is 2. The Labute approximate surface area is 174 Å². The fourth-order valence-electron chi connectivity index (χ4n) is 3.52. The second kappa shape index (κ2) is 7.62. The molecule has 5 rings (SSSR count). The van der Waals surface area contributed by atoms with Crippen LogP contribution >= 0.6 is 7.44 Å². The summed E-state index contributed by atoms with van der Waals surface area (Å²) >= 11 is 0. The molecule has 2 heterocycles. The summed E-state index contributed by atoms with van der Waals surface area (Å²) in [6.45, 7) is 0. The highest BCUT2D eigenvalue weighted by molar-refractivity contribution is 7.74. The normalized spacial score (nSPS) is 11.5. The fourth-order valence-corrected chi connectivity index (χ4v) is 5.47. The number of hydrogen-bond donors (Lipinski definition) is 2. The van der Waals surface area contributed by atoms with Crippen LogP contribution in [0, 0.1) is 0 Å². The van der Waals surface area contributed by atoms with Gasteiger partial charge in [0.15, 0.2) is 0 Å². The standard InChI is InChI=1S/C24H19N4OP/c29-30(20-12-2-1-3-13-20,27-21-14-4-8-18-10-6-16-25-23(18)21)28-22-15-5-9-19-11-7-17-26-24(19)22/h1-17H,(H2,27,28,29). The van der Waals surface area contributed by atoms with Gasteiger partial charge in [-0.3, -0.25) is 14.5 Å². The predicted octanol–water partition coefficient (Wildman–Crippen LogP) is 5.83. The summed E-state index contributed by atoms with van der Waals surface area (Å²) in [7, 11) is -3.30. The van der Waals surface area contributed by atoms with Gasteiger partial charge in [0.25, 0.3) is 7.44 Å². The van der Waals surface area contributed by atoms with Gasteiger partial charge in [-0.25, -0.2) is 0 Å². The van der Waals surface area contributed by atoms with Crippen LogP contribution in [-0.2, 0) is 4.57 Å². The lowest BCUT2D eigenvalue weighted by Crippen LogP contribution is -2.18. The lowest BCUT2D eigenvalue weighted by molar-refractivity contribution is 0.587. The van der Waals surface area contributed by atoms with Crippen LogP contribution in [0.5, 0.6) is 0 Å². The lowest BCUT2D eigenvalue weighted by atomic mass is 10.2. The summed E-state index contributed by atoms with van der Waals surface area (Å²) in [6, 6.07) is 28.8. The van der Waals surface area contributed by atoms with Gasteiger partial charge < -0.3 is 10.2 Å². The average molecular weight is 410 g/mol. The first kappa shape index (κ1) is 18.3. The molecule has 2 aromatic heterocycles. The number of nitrogens with one attached hydrogen (secondary N) is 2. The van der Waals surface area contributed by atoms with Crippen LogP contribution in [0.3, 0.4) is 0 Å². The Morgan fingerprint density at radius 1 is 0.567 bits per heavy atom. The van der Waals surface area contributed by atoms with E-state index in [2.05, 4.69) is 20.1 Å². The van der Waals surface area contributed by atoms with Crippen molar-refractivity contribution in [3.05, 3.63) is 103 Å². The number of hydrogen-bond acceptors (Lipinski definition) is 3. The van der Waals surface area contributed by atoms with Gasteiger partial charge in [-0.15, -0.1) is 0 Å². The molecule has 0 aliphatic carbocycles. The van der Waals surface area contributed by atoms with Crippen molar-refractivity contribution in [1.29, 1.82) is 0 Å². The molecule has 0 saturated heterocycles. The number of pyridine rings is 2. The van der Waals surface area contributed by atoms with Gasteiger partial charge in [-0.1, -0.05) is 54.6 Å². The molecule has 5 aromatic rings. The molecule has 30 heavy (non-hydrogen) atoms. The van der Waals surface area contributed by atoms with Crippen LogP contribution < -0.4 is 15.5 Å². The number of rotatable bonds is 5. The lowest BCUT2D eigenvalue weighted by Gasteiger charge is -2.24. The minimum atomic E-state index is -3.30. The van der Waals surface area contributed by atoms with Crippen molar-refractivity contribution >= 4 is 45.9 Å². The summed E-state index contributed by atoms with van der Waals surface area (Å²) in [6.07, 6.45) is 3.48. The maximum Gasteiger partial charge on any atom is 0.287 e. The summed E-state index contributed by atoms with van der Waals surface area (Å²) < 4.78 is 14.4. The SMILES string of the molecule is O=P(Nc1cccc2cccnc12)(Nc1cccc2cccnc12)c1ccccc1. The van der Waals surface area contributed by atoms with Gasteiger partial charge in [0.1, 0.15) is 0 Å². The molecule has 146 valence electrons. The number of para-hydroxylation sites is 2. The maximum absolute atomic E-state index is 14.4. The van der Waals surface area contributed by atoms with Crippen molar-refractivity contribution < 1.29 is 4.57 Å². The Kier molecular flexibility index (Phi) is 4.66. The van der Waals surface area contributed by atoms with Crippen molar-refractivity contribution in [3.8, 4) is 0 Å². The highest BCUT2D eigenvalue weighted by Crippen LogP contribution is 2.46. The second-order valence-electron chi connectivity index (χ2n) is 6.93. The highest BCUT2D eigenvalue weighted by atomic mass is 31.2. The molecule has 0 radical (unpaired) electrons. The summed E-state index contributed by atoms with van der Waals surface area (Å²) in [5.74, 6) is 0. The van der Waals surface area contributed by atoms with E-state index in [-0.39, 0.29) is 0 Å². The first-order chi connectivity index (χ1) is 14.7. The zero-order valence-corrected chi connectivity index (χ0v) is 17.0. The van der Waals surface area contributed by atoms with Crippen molar-refractivity contribution in [2.75, 3.05) is 10.2 Å². The first-order valence-electron chi connectivity index (χ1n) is 9.63. The molecule has 0 atom stereocenters. The molecule has 5 nitrogen and oxygen atoms in total. The van der Waals surface area contributed by atoms with Gasteiger partial charge in [0, 0.05) is 23.2 Å². The summed E-state index contributed by atoms with van der Waals surface area (Å²) in [5.41, 5.74) is 2.96. The molecular formula is C24H19N4OP. The Balaban J connectivity index is 1.64. The largest absolute Gasteiger partial charge is 0.315 e. The third-order valence-electron chi connectivity index (χ3n) is 4.94. The van der Waals surface area contributed by atoms with Crippen LogP contribution in [0.1, 0.15) is 0 Å². The van der Waals surface area contributed by atoms with Gasteiger partial charge in [0.2, 0.25) is 0 Å². The quantitative estimate of drug-likeness (QED) is 0.357. The Morgan fingerprint density at radius 3 is 1.60 bits per heavy atom. The summed E-state index contributed by atoms with van der Waals surface area (Å²) in [5, 5.41) is 9.20. The van der Waals surface area contributed by atoms with E-state index in [0.717, 1.165) is 21.8 Å². The van der Waals surface area contributed by atoms with Crippen molar-refractivity contribution in [2.24, 2.45) is 0 Å². The molecule has 0 fully saturated rings. The van der Waals surface area contributed by atoms with Gasteiger partial charge in [0.05, 0.1) is 27.7 Å². The second-order valence-corrected chi connectivity index (χ2v) is 9.11. The van der Waals surface area contributed by atoms with E-state index in [1.807, 2.05) is 91.0 Å². The smallest absolute Gasteiger partial charge is 0.287 e. The maximum atomic E-state index is 14.4. The molecular weight excluding hydrogens is 391 g/mol. The molecule has 0 bridgehead atoms. The van der Waals surface area contributed by atoms with Gasteiger partial charge >= 0.3 is 0 Å². The van der Waals surface area contributed by atoms with Crippen LogP contribution in [0.25, 0.3) is 21.8 Å². The van der Waals surface area contributed by atoms with E-state index < -0.39 is 7.44 Å². The Bertz CT molecular complexity index is 1290. The predicted molar refractivity (Wildman–Crippen MR) is 124 cm³/mol. The minimum Gasteiger partial charge on any atom is -0.315 e. The highest BCUT2D eigenvalue weighted by Gasteiger charge is 2.26. The number of nitrogens with zero attached hydrogens (tertiary/aromatic N) is 2. The van der Waals surface area contributed by atoms with Crippen LogP contribution in [0.4, 0.5) is 11.4 Å². The number of benzene rings is 3. The molecule has 6 heteroatoms. The van der Waals surface area contributed by atoms with E-state index in [4.69, 9.17) is 0 Å². The zero-order chi connectivity index (χ0) is 20.4. The van der Waals surface area contributed by atoms with E-state index in [1.54, 1.807) is 12.4 Å². The van der Waals surface area contributed by atoms with E-state index >= 15 is 0 Å². The van der Waals surface area contributed by atoms with Gasteiger partial charge in [-0.2, -0.15) is 0 Å². The van der Waals surface area contributed by atoms with E-state index in [0.29, 0.717) is 16.7 Å². The number of fused-ring (bicyclic) bond motifs is 2. The van der Waals surface area contributed by atoms with E-state index in [1.165, 1.54) is 0 Å². The molecule has 0 unspecified atom stereocenters. The molecule has 0 saturated carbocycles. The average Bonchev–Trinajstić information content (AvgIpc) is 2.80. The zero-order valence-electron chi connectivity index (χ0n) is 16.1. The first-order valence-corrected chi connectivity index (χ1v) is 11.3. The Morgan fingerprint density at radius 2 is 1.07 bits per heavy atom. The van der Waals surface area contributed by atoms with Gasteiger partial charge in [-0.05, 0) is 36.4 Å². The monoisotopic (exact) mass is 410 g/mol. The van der Waals surface area contributed by atoms with Crippen LogP contribution in [-0.4, -0.2) is 9.97 Å². The molecule has 3 aromatic carbocycles. The molecule has 2 N–H and O–H groups in total. The Hall–Kier alpha value is -3.69. The third kappa shape index (κ3) is 3.40. The minimum absolute atomic E-state index is 0.672. The van der Waals surface area contributed by atoms with E-state index in [9.17, 15) is 4.57 Å². The summed E-state index contributed by atoms with van der Waals surface area (Å²) in [4.78, 5) is 8.98. The van der Waals surface area contributed by atoms with Crippen molar-refractivity contribution in [3.63, 3.8) is 0 Å². The fraction of sp³-hybridized carbons (Fsp3) is 0.